The Morgan fingerprint density at radius 2 is 1.36 bits per heavy atom. The van der Waals surface area contributed by atoms with E-state index in [1.807, 2.05) is 66.7 Å². The molecule has 5 heterocycles. The van der Waals surface area contributed by atoms with Crippen molar-refractivity contribution in [1.29, 1.82) is 0 Å². The van der Waals surface area contributed by atoms with Crippen molar-refractivity contribution in [2.75, 3.05) is 85.0 Å². The number of carbonyl (C=O) groups excluding carboxylic acids is 2. The highest BCUT2D eigenvalue weighted by Gasteiger charge is 2.51. The lowest BCUT2D eigenvalue weighted by molar-refractivity contribution is -0.368. The molecule has 6 atom stereocenters. The van der Waals surface area contributed by atoms with Crippen LogP contribution >= 0.6 is 0 Å². The summed E-state index contributed by atoms with van der Waals surface area (Å²) in [6.07, 6.45) is 1.18. The number of benzene rings is 4. The Hall–Kier alpha value is -6.82. The molecule has 4 aromatic carbocycles. The summed E-state index contributed by atoms with van der Waals surface area (Å²) < 4.78 is 65.2. The van der Waals surface area contributed by atoms with E-state index in [0.717, 1.165) is 42.9 Å². The second-order valence-electron chi connectivity index (χ2n) is 17.8. The molecule has 9 rings (SSSR count). The fourth-order valence-corrected chi connectivity index (χ4v) is 9.28. The number of allylic oxidation sites excluding steroid dienone is 2. The summed E-state index contributed by atoms with van der Waals surface area (Å²) in [4.78, 5) is 36.2. The fraction of sp³-hybridized carbons (Fsp3) is 0.423. The molecule has 8 N–H and O–H groups in total. The third kappa shape index (κ3) is 12.0. The molecule has 21 heteroatoms. The van der Waals surface area contributed by atoms with E-state index in [-0.39, 0.29) is 56.0 Å². The van der Waals surface area contributed by atoms with Gasteiger partial charge in [0.2, 0.25) is 23.7 Å². The molecule has 388 valence electrons. The van der Waals surface area contributed by atoms with E-state index < -0.39 is 48.8 Å². The number of carbonyl (C=O) groups is 2. The van der Waals surface area contributed by atoms with E-state index in [1.54, 1.807) is 47.6 Å². The van der Waals surface area contributed by atoms with E-state index in [0.29, 0.717) is 66.4 Å². The highest BCUT2D eigenvalue weighted by Crippen LogP contribution is 2.38. The van der Waals surface area contributed by atoms with Gasteiger partial charge in [-0.25, -0.2) is 9.97 Å². The van der Waals surface area contributed by atoms with Crippen LogP contribution in [0.5, 0.6) is 17.2 Å². The van der Waals surface area contributed by atoms with Crippen molar-refractivity contribution in [1.82, 2.24) is 24.0 Å². The monoisotopic (exact) mass is 1010 g/mol. The number of aromatic nitrogens is 4. The van der Waals surface area contributed by atoms with E-state index >= 15 is 0 Å². The summed E-state index contributed by atoms with van der Waals surface area (Å²) in [5.74, 6) is 0.722. The number of ether oxygens (including phenoxy) is 10. The molecule has 0 bridgehead atoms. The lowest BCUT2D eigenvalue weighted by Gasteiger charge is -2.48. The molecule has 3 aliphatic rings. The minimum Gasteiger partial charge on any atom is -0.497 e. The van der Waals surface area contributed by atoms with Crippen molar-refractivity contribution in [3.8, 4) is 17.2 Å². The smallest absolute Gasteiger partial charge is 0.248 e. The third-order valence-corrected chi connectivity index (χ3v) is 13.0. The van der Waals surface area contributed by atoms with Crippen molar-refractivity contribution < 1.29 is 57.0 Å². The average Bonchev–Trinajstić information content (AvgIpc) is 3.91. The first-order chi connectivity index (χ1) is 35.6. The van der Waals surface area contributed by atoms with Gasteiger partial charge in [0.15, 0.2) is 12.6 Å². The molecule has 6 aromatic rings. The van der Waals surface area contributed by atoms with Crippen molar-refractivity contribution in [3.63, 3.8) is 0 Å². The number of imidazole rings is 2. The van der Waals surface area contributed by atoms with Gasteiger partial charge in [-0.2, -0.15) is 0 Å². The molecule has 2 aromatic heterocycles. The van der Waals surface area contributed by atoms with Gasteiger partial charge in [-0.1, -0.05) is 54.6 Å². The summed E-state index contributed by atoms with van der Waals surface area (Å²) in [7, 11) is 3.18. The predicted octanol–water partition coefficient (Wildman–Crippen LogP) is 4.34. The molecular weight excluding hydrogens is 943 g/mol. The van der Waals surface area contributed by atoms with Crippen LogP contribution in [0.3, 0.4) is 0 Å². The van der Waals surface area contributed by atoms with Crippen molar-refractivity contribution in [3.05, 3.63) is 113 Å². The molecule has 0 aliphatic carbocycles. The zero-order valence-electron chi connectivity index (χ0n) is 41.0. The van der Waals surface area contributed by atoms with Crippen molar-refractivity contribution in [2.45, 2.75) is 69.5 Å². The van der Waals surface area contributed by atoms with Crippen molar-refractivity contribution in [2.24, 2.45) is 11.5 Å². The van der Waals surface area contributed by atoms with Gasteiger partial charge in [0.1, 0.15) is 52.7 Å². The summed E-state index contributed by atoms with van der Waals surface area (Å²) in [6, 6.07) is 23.7. The Labute approximate surface area is 422 Å². The summed E-state index contributed by atoms with van der Waals surface area (Å²) in [6.45, 7) is 5.92. The maximum Gasteiger partial charge on any atom is 0.248 e. The zero-order valence-corrected chi connectivity index (χ0v) is 41.0. The maximum absolute atomic E-state index is 12.5. The fourth-order valence-electron chi connectivity index (χ4n) is 9.28. The molecule has 3 aliphatic heterocycles. The number of hydrogen-bond donors (Lipinski definition) is 4. The van der Waals surface area contributed by atoms with Gasteiger partial charge in [0, 0.05) is 62.9 Å². The van der Waals surface area contributed by atoms with Gasteiger partial charge < -0.3 is 79.4 Å². The number of nitrogen functional groups attached to an aromatic ring is 2. The molecule has 21 nitrogen and oxygen atoms in total. The summed E-state index contributed by atoms with van der Waals surface area (Å²) >= 11 is 0. The summed E-state index contributed by atoms with van der Waals surface area (Å²) in [5, 5.41) is 0. The molecule has 2 unspecified atom stereocenters. The van der Waals surface area contributed by atoms with Crippen LogP contribution in [0.25, 0.3) is 22.1 Å². The molecule has 2 amide bonds. The third-order valence-electron chi connectivity index (χ3n) is 13.0. The van der Waals surface area contributed by atoms with Crippen LogP contribution in [0.2, 0.25) is 0 Å². The minimum atomic E-state index is -0.800. The normalized spacial score (nSPS) is 21.4. The Morgan fingerprint density at radius 3 is 1.95 bits per heavy atom. The standard InChI is InChI=1S/C52H63N9O12/c1-64-36-14-12-32(13-15-36)30-70-45-44-41(31-71-49(73-44)33-10-4-3-5-11-33)72-50(65-2)46(45)69-23-9-22-68-40-29-35(48(54)63)27-38-43(40)61(52(56)58-38)18-7-6-17-60-42-37(57-51(60)55)26-34(47(53)62)28-39(42)67-21-8-16-59-19-24-66-25-20-59/h3-7,10-15,26-29,41,44-46,49-50H,8-9,16-25,30-31H2,1-2H3,(H2,53,62)(H2,54,63)(H2,55,57)(H2,56,58)/b7-6+/t41-,44-,45?,46-,49?,50+/m1/s1. The van der Waals surface area contributed by atoms with Crippen LogP contribution in [0.4, 0.5) is 11.9 Å². The van der Waals surface area contributed by atoms with Gasteiger partial charge in [0.25, 0.3) is 0 Å². The van der Waals surface area contributed by atoms with Crippen LogP contribution in [-0.2, 0) is 52.9 Å². The van der Waals surface area contributed by atoms with Gasteiger partial charge in [-0.15, -0.1) is 0 Å². The first kappa shape index (κ1) is 51.1. The van der Waals surface area contributed by atoms with Crippen LogP contribution in [0.15, 0.2) is 91.0 Å². The Balaban J connectivity index is 0.878. The number of primary amides is 2. The SMILES string of the molecule is COc1ccc(COC2[C@@H](OCCCOc3cc(C(N)=O)cc4nc(N)n(C/C=C/Cn5c(N)nc6cc(C(N)=O)cc(OCCCN7CCOCC7)c65)c34)[C@@H](OC)O[C@@H]3COC(c4ccccc4)O[C@@H]23)cc1. The molecule has 73 heavy (non-hydrogen) atoms. The molecular formula is C52H63N9O12. The van der Waals surface area contributed by atoms with E-state index in [9.17, 15) is 9.59 Å². The van der Waals surface area contributed by atoms with Crippen LogP contribution in [0, 0.1) is 0 Å². The summed E-state index contributed by atoms with van der Waals surface area (Å²) in [5.41, 5.74) is 28.8. The number of hydrogen-bond acceptors (Lipinski definition) is 17. The highest BCUT2D eigenvalue weighted by molar-refractivity contribution is 5.99. The molecule has 3 saturated heterocycles. The first-order valence-electron chi connectivity index (χ1n) is 24.3. The molecule has 0 saturated carbocycles. The van der Waals surface area contributed by atoms with Gasteiger partial charge in [-0.05, 0) is 48.4 Å². The second-order valence-corrected chi connectivity index (χ2v) is 17.8. The highest BCUT2D eigenvalue weighted by atomic mass is 16.8. The Bertz CT molecular complexity index is 2850. The first-order valence-corrected chi connectivity index (χ1v) is 24.3. The van der Waals surface area contributed by atoms with E-state index in [1.165, 1.54) is 0 Å². The second kappa shape index (κ2) is 23.8. The van der Waals surface area contributed by atoms with E-state index in [2.05, 4.69) is 14.9 Å². The number of rotatable bonds is 23. The largest absolute Gasteiger partial charge is 0.497 e. The predicted molar refractivity (Wildman–Crippen MR) is 269 cm³/mol. The Morgan fingerprint density at radius 1 is 0.740 bits per heavy atom. The maximum atomic E-state index is 12.5. The van der Waals surface area contributed by atoms with Crippen LogP contribution in [-0.4, -0.2) is 140 Å². The van der Waals surface area contributed by atoms with Crippen LogP contribution < -0.4 is 37.1 Å². The Kier molecular flexibility index (Phi) is 16.7. The minimum absolute atomic E-state index is 0.176. The van der Waals surface area contributed by atoms with Gasteiger partial charge >= 0.3 is 0 Å². The van der Waals surface area contributed by atoms with Gasteiger partial charge in [-0.3, -0.25) is 14.5 Å². The van der Waals surface area contributed by atoms with Gasteiger partial charge in [0.05, 0.1) is 64.4 Å². The van der Waals surface area contributed by atoms with E-state index in [4.69, 9.17) is 70.3 Å². The molecule has 0 spiro atoms. The number of nitrogens with two attached hydrogens (primary N) is 4. The quantitative estimate of drug-likeness (QED) is 0.0514. The average molecular weight is 1010 g/mol. The topological polar surface area (TPSA) is 269 Å². The number of nitrogens with zero attached hydrogens (tertiary/aromatic N) is 5. The van der Waals surface area contributed by atoms with Crippen LogP contribution in [0.1, 0.15) is 51.0 Å². The zero-order chi connectivity index (χ0) is 50.8. The van der Waals surface area contributed by atoms with Crippen molar-refractivity contribution >= 4 is 45.8 Å². The molecule has 0 radical (unpaired) electrons. The lowest BCUT2D eigenvalue weighted by Crippen LogP contribution is -2.63. The number of amides is 2. The lowest BCUT2D eigenvalue weighted by atomic mass is 9.97. The molecule has 3 fully saturated rings. The number of fused-ring (bicyclic) bond motifs is 3. The number of anilines is 2. The number of methoxy groups -OCH3 is 2. The number of morpholine rings is 1.